The molecule has 1 aromatic carbocycles. The van der Waals surface area contributed by atoms with E-state index >= 15 is 0 Å². The third-order valence-electron chi connectivity index (χ3n) is 4.83. The van der Waals surface area contributed by atoms with Crippen molar-refractivity contribution in [3.63, 3.8) is 0 Å². The van der Waals surface area contributed by atoms with E-state index in [1.807, 2.05) is 23.1 Å². The van der Waals surface area contributed by atoms with Gasteiger partial charge in [-0.05, 0) is 49.1 Å². The van der Waals surface area contributed by atoms with Crippen LogP contribution >= 0.6 is 11.3 Å². The number of carbonyl (C=O) groups is 1. The van der Waals surface area contributed by atoms with Crippen molar-refractivity contribution in [2.75, 3.05) is 19.7 Å². The van der Waals surface area contributed by atoms with Crippen molar-refractivity contribution in [3.8, 4) is 11.9 Å². The van der Waals surface area contributed by atoms with E-state index in [2.05, 4.69) is 16.0 Å². The van der Waals surface area contributed by atoms with Crippen LogP contribution in [-0.2, 0) is 0 Å². The third-order valence-corrected chi connectivity index (χ3v) is 5.62. The molecule has 3 aromatic rings. The second kappa shape index (κ2) is 7.72. The van der Waals surface area contributed by atoms with E-state index in [-0.39, 0.29) is 5.91 Å². The Morgan fingerprint density at radius 3 is 2.96 bits per heavy atom. The molecule has 27 heavy (non-hydrogen) atoms. The highest BCUT2D eigenvalue weighted by Gasteiger charge is 2.24. The van der Waals surface area contributed by atoms with Crippen molar-refractivity contribution in [2.24, 2.45) is 5.92 Å². The van der Waals surface area contributed by atoms with E-state index in [1.165, 1.54) is 0 Å². The van der Waals surface area contributed by atoms with Gasteiger partial charge in [-0.15, -0.1) is 11.3 Å². The molecular formula is C20H18N4O2S. The SMILES string of the molecule is N#Cc1cccnc1OCC1CCN(C(=O)c2ccc3ncsc3c2)CC1. The van der Waals surface area contributed by atoms with Crippen LogP contribution in [0, 0.1) is 17.2 Å². The van der Waals surface area contributed by atoms with Gasteiger partial charge in [-0.3, -0.25) is 4.79 Å². The zero-order valence-corrected chi connectivity index (χ0v) is 15.5. The summed E-state index contributed by atoms with van der Waals surface area (Å²) >= 11 is 1.55. The highest BCUT2D eigenvalue weighted by atomic mass is 32.1. The topological polar surface area (TPSA) is 79.1 Å². The Morgan fingerprint density at radius 1 is 1.30 bits per heavy atom. The molecule has 4 rings (SSSR count). The van der Waals surface area contributed by atoms with Crippen LogP contribution in [0.4, 0.5) is 0 Å². The number of ether oxygens (including phenoxy) is 1. The first-order valence-corrected chi connectivity index (χ1v) is 9.73. The lowest BCUT2D eigenvalue weighted by Crippen LogP contribution is -2.39. The highest BCUT2D eigenvalue weighted by Crippen LogP contribution is 2.24. The summed E-state index contributed by atoms with van der Waals surface area (Å²) in [7, 11) is 0. The molecule has 0 radical (unpaired) electrons. The first-order valence-electron chi connectivity index (χ1n) is 8.85. The van der Waals surface area contributed by atoms with Gasteiger partial charge in [0.1, 0.15) is 11.6 Å². The predicted octanol–water partition coefficient (Wildman–Crippen LogP) is 3.49. The molecule has 0 N–H and O–H groups in total. The first-order chi connectivity index (χ1) is 13.2. The molecule has 3 heterocycles. The summed E-state index contributed by atoms with van der Waals surface area (Å²) in [5.41, 5.74) is 3.89. The van der Waals surface area contributed by atoms with Gasteiger partial charge in [0.2, 0.25) is 5.88 Å². The molecular weight excluding hydrogens is 360 g/mol. The van der Waals surface area contributed by atoms with Gasteiger partial charge in [-0.2, -0.15) is 5.26 Å². The summed E-state index contributed by atoms with van der Waals surface area (Å²) in [6.07, 6.45) is 3.38. The van der Waals surface area contributed by atoms with Gasteiger partial charge in [0.05, 0.1) is 22.3 Å². The Labute approximate surface area is 161 Å². The van der Waals surface area contributed by atoms with E-state index < -0.39 is 0 Å². The number of piperidine rings is 1. The molecule has 7 heteroatoms. The van der Waals surface area contributed by atoms with Crippen LogP contribution in [-0.4, -0.2) is 40.5 Å². The van der Waals surface area contributed by atoms with E-state index in [0.29, 0.717) is 42.6 Å². The molecule has 1 fully saturated rings. The quantitative estimate of drug-likeness (QED) is 0.694. The van der Waals surface area contributed by atoms with Crippen LogP contribution in [0.3, 0.4) is 0 Å². The Morgan fingerprint density at radius 2 is 2.15 bits per heavy atom. The molecule has 1 saturated heterocycles. The van der Waals surface area contributed by atoms with Crippen LogP contribution in [0.15, 0.2) is 42.0 Å². The maximum absolute atomic E-state index is 12.8. The molecule has 0 bridgehead atoms. The number of nitrogens with zero attached hydrogens (tertiary/aromatic N) is 4. The minimum absolute atomic E-state index is 0.0705. The zero-order chi connectivity index (χ0) is 18.6. The molecule has 136 valence electrons. The molecule has 0 spiro atoms. The summed E-state index contributed by atoms with van der Waals surface area (Å²) < 4.78 is 6.78. The summed E-state index contributed by atoms with van der Waals surface area (Å²) in [4.78, 5) is 23.0. The monoisotopic (exact) mass is 378 g/mol. The number of thiazole rings is 1. The van der Waals surface area contributed by atoms with Crippen LogP contribution in [0.25, 0.3) is 10.2 Å². The van der Waals surface area contributed by atoms with Crippen LogP contribution in [0.2, 0.25) is 0 Å². The van der Waals surface area contributed by atoms with Gasteiger partial charge < -0.3 is 9.64 Å². The lowest BCUT2D eigenvalue weighted by molar-refractivity contribution is 0.0659. The van der Waals surface area contributed by atoms with Gasteiger partial charge in [0.15, 0.2) is 0 Å². The fourth-order valence-electron chi connectivity index (χ4n) is 3.26. The van der Waals surface area contributed by atoms with E-state index in [9.17, 15) is 4.79 Å². The lowest BCUT2D eigenvalue weighted by atomic mass is 9.97. The van der Waals surface area contributed by atoms with Gasteiger partial charge in [0, 0.05) is 24.8 Å². The standard InChI is InChI=1S/C20H18N4O2S/c21-11-16-2-1-7-22-19(16)26-12-14-5-8-24(9-6-14)20(25)15-3-4-17-18(10-15)27-13-23-17/h1-4,7,10,13-14H,5-6,8-9,12H2. The van der Waals surface area contributed by atoms with Crippen LogP contribution in [0.5, 0.6) is 5.88 Å². The number of benzene rings is 1. The van der Waals surface area contributed by atoms with Crippen molar-refractivity contribution >= 4 is 27.5 Å². The number of carbonyl (C=O) groups excluding carboxylic acids is 1. The number of amides is 1. The number of nitriles is 1. The zero-order valence-electron chi connectivity index (χ0n) is 14.7. The minimum atomic E-state index is 0.0705. The molecule has 1 aliphatic rings. The number of fused-ring (bicyclic) bond motifs is 1. The number of hydrogen-bond acceptors (Lipinski definition) is 6. The molecule has 1 aliphatic heterocycles. The van der Waals surface area contributed by atoms with Crippen molar-refractivity contribution < 1.29 is 9.53 Å². The van der Waals surface area contributed by atoms with Crippen molar-refractivity contribution in [2.45, 2.75) is 12.8 Å². The Bertz CT molecular complexity index is 1000. The molecule has 2 aromatic heterocycles. The molecule has 0 saturated carbocycles. The number of rotatable bonds is 4. The number of aromatic nitrogens is 2. The van der Waals surface area contributed by atoms with E-state index in [0.717, 1.165) is 23.1 Å². The van der Waals surface area contributed by atoms with Gasteiger partial charge >= 0.3 is 0 Å². The largest absolute Gasteiger partial charge is 0.476 e. The molecule has 0 atom stereocenters. The molecule has 6 nitrogen and oxygen atoms in total. The maximum Gasteiger partial charge on any atom is 0.253 e. The average molecular weight is 378 g/mol. The van der Waals surface area contributed by atoms with E-state index in [4.69, 9.17) is 10.00 Å². The fourth-order valence-corrected chi connectivity index (χ4v) is 3.98. The molecule has 0 aliphatic carbocycles. The van der Waals surface area contributed by atoms with Crippen LogP contribution in [0.1, 0.15) is 28.8 Å². The maximum atomic E-state index is 12.8. The second-order valence-corrected chi connectivity index (χ2v) is 7.44. The molecule has 1 amide bonds. The smallest absolute Gasteiger partial charge is 0.253 e. The summed E-state index contributed by atoms with van der Waals surface area (Å²) in [6.45, 7) is 1.93. The summed E-state index contributed by atoms with van der Waals surface area (Å²) in [5, 5.41) is 9.09. The van der Waals surface area contributed by atoms with Crippen molar-refractivity contribution in [1.82, 2.24) is 14.9 Å². The van der Waals surface area contributed by atoms with Crippen LogP contribution < -0.4 is 4.74 Å². The number of likely N-dealkylation sites (tertiary alicyclic amines) is 1. The minimum Gasteiger partial charge on any atom is -0.476 e. The predicted molar refractivity (Wildman–Crippen MR) is 103 cm³/mol. The number of hydrogen-bond donors (Lipinski definition) is 0. The van der Waals surface area contributed by atoms with E-state index in [1.54, 1.807) is 35.2 Å². The normalized spacial score (nSPS) is 14.9. The number of pyridine rings is 1. The summed E-state index contributed by atoms with van der Waals surface area (Å²) in [5.74, 6) is 0.809. The van der Waals surface area contributed by atoms with Gasteiger partial charge in [-0.25, -0.2) is 9.97 Å². The van der Waals surface area contributed by atoms with Crippen molar-refractivity contribution in [1.29, 1.82) is 5.26 Å². The first kappa shape index (κ1) is 17.4. The average Bonchev–Trinajstić information content (AvgIpc) is 3.20. The molecule has 0 unspecified atom stereocenters. The Balaban J connectivity index is 1.33. The Kier molecular flexibility index (Phi) is 4.99. The lowest BCUT2D eigenvalue weighted by Gasteiger charge is -2.32. The van der Waals surface area contributed by atoms with Gasteiger partial charge in [0.25, 0.3) is 5.91 Å². The fraction of sp³-hybridized carbons (Fsp3) is 0.300. The third kappa shape index (κ3) is 3.76. The highest BCUT2D eigenvalue weighted by molar-refractivity contribution is 7.16. The Hall–Kier alpha value is -2.98. The van der Waals surface area contributed by atoms with Gasteiger partial charge in [-0.1, -0.05) is 0 Å². The summed E-state index contributed by atoms with van der Waals surface area (Å²) in [6, 6.07) is 11.2. The van der Waals surface area contributed by atoms with Crippen molar-refractivity contribution in [3.05, 3.63) is 53.2 Å². The second-order valence-electron chi connectivity index (χ2n) is 6.55.